The van der Waals surface area contributed by atoms with Crippen molar-refractivity contribution < 1.29 is 14.6 Å². The second-order valence-corrected chi connectivity index (χ2v) is 7.33. The monoisotopic (exact) mass is 255 g/mol. The lowest BCUT2D eigenvalue weighted by atomic mass is 9.65. The molecule has 1 spiro atoms. The molecule has 0 unspecified atom stereocenters. The normalized spacial score (nSPS) is 25.7. The van der Waals surface area contributed by atoms with Crippen molar-refractivity contribution in [3.8, 4) is 0 Å². The molecule has 2 fully saturated rings. The predicted octanol–water partition coefficient (Wildman–Crippen LogP) is 2.55. The van der Waals surface area contributed by atoms with Gasteiger partial charge in [0.1, 0.15) is 5.60 Å². The van der Waals surface area contributed by atoms with Crippen LogP contribution in [0.3, 0.4) is 0 Å². The van der Waals surface area contributed by atoms with Gasteiger partial charge in [0.05, 0.1) is 5.60 Å². The smallest absolute Gasteiger partial charge is 0.410 e. The molecule has 0 atom stereocenters. The van der Waals surface area contributed by atoms with Crippen molar-refractivity contribution in [1.29, 1.82) is 0 Å². The first-order valence-electron chi connectivity index (χ1n) is 6.81. The summed E-state index contributed by atoms with van der Waals surface area (Å²) in [5, 5.41) is 9.95. The highest BCUT2D eigenvalue weighted by Gasteiger charge is 2.49. The molecule has 1 aliphatic heterocycles. The zero-order valence-electron chi connectivity index (χ0n) is 12.0. The number of nitrogens with zero attached hydrogens (tertiary/aromatic N) is 1. The molecule has 0 radical (unpaired) electrons. The van der Waals surface area contributed by atoms with Crippen LogP contribution in [0.4, 0.5) is 4.79 Å². The van der Waals surface area contributed by atoms with Gasteiger partial charge in [-0.2, -0.15) is 0 Å². The van der Waals surface area contributed by atoms with Gasteiger partial charge in [-0.3, -0.25) is 0 Å². The van der Waals surface area contributed by atoms with Crippen LogP contribution in [-0.4, -0.2) is 40.4 Å². The molecular weight excluding hydrogens is 230 g/mol. The van der Waals surface area contributed by atoms with Crippen molar-refractivity contribution >= 4 is 6.09 Å². The Balaban J connectivity index is 1.82. The largest absolute Gasteiger partial charge is 0.444 e. The molecule has 0 aromatic rings. The van der Waals surface area contributed by atoms with Crippen molar-refractivity contribution in [2.75, 3.05) is 13.1 Å². The van der Waals surface area contributed by atoms with Crippen LogP contribution in [0.1, 0.15) is 53.4 Å². The minimum absolute atomic E-state index is 0.203. The predicted molar refractivity (Wildman–Crippen MR) is 69.3 cm³/mol. The Bertz CT molecular complexity index is 325. The molecule has 1 saturated carbocycles. The molecule has 104 valence electrons. The Labute approximate surface area is 109 Å². The third-order valence-electron chi connectivity index (χ3n) is 4.09. The SMILES string of the molecule is CC1(O)CCC2(CC1)CN(C(=O)OC(C)(C)C)C2. The highest BCUT2D eigenvalue weighted by Crippen LogP contribution is 2.46. The molecule has 18 heavy (non-hydrogen) atoms. The lowest BCUT2D eigenvalue weighted by Gasteiger charge is -2.54. The number of hydrogen-bond donors (Lipinski definition) is 1. The number of carbonyl (C=O) groups excluding carboxylic acids is 1. The summed E-state index contributed by atoms with van der Waals surface area (Å²) in [6.45, 7) is 9.15. The van der Waals surface area contributed by atoms with Gasteiger partial charge in [0, 0.05) is 18.5 Å². The standard InChI is InChI=1S/C14H25NO3/c1-12(2,3)18-11(16)15-9-14(10-15)7-5-13(4,17)6-8-14/h17H,5-10H2,1-4H3. The van der Waals surface area contributed by atoms with E-state index >= 15 is 0 Å². The van der Waals surface area contributed by atoms with E-state index in [4.69, 9.17) is 4.74 Å². The first-order chi connectivity index (χ1) is 8.11. The molecule has 1 heterocycles. The molecule has 4 heteroatoms. The summed E-state index contributed by atoms with van der Waals surface area (Å²) in [5.74, 6) is 0. The van der Waals surface area contributed by atoms with Crippen LogP contribution in [0.5, 0.6) is 0 Å². The summed E-state index contributed by atoms with van der Waals surface area (Å²) < 4.78 is 5.35. The number of rotatable bonds is 0. The Hall–Kier alpha value is -0.770. The molecular formula is C14H25NO3. The van der Waals surface area contributed by atoms with Crippen LogP contribution in [0, 0.1) is 5.41 Å². The van der Waals surface area contributed by atoms with Gasteiger partial charge >= 0.3 is 6.09 Å². The molecule has 1 aliphatic carbocycles. The maximum Gasteiger partial charge on any atom is 0.410 e. The minimum atomic E-state index is -0.502. The molecule has 1 N–H and O–H groups in total. The topological polar surface area (TPSA) is 49.8 Å². The molecule has 0 aromatic heterocycles. The average Bonchev–Trinajstić information content (AvgIpc) is 2.12. The number of carbonyl (C=O) groups is 1. The Morgan fingerprint density at radius 3 is 2.11 bits per heavy atom. The van der Waals surface area contributed by atoms with E-state index in [1.54, 1.807) is 4.90 Å². The Morgan fingerprint density at radius 1 is 1.17 bits per heavy atom. The molecule has 0 aromatic carbocycles. The van der Waals surface area contributed by atoms with Crippen LogP contribution in [0.25, 0.3) is 0 Å². The van der Waals surface area contributed by atoms with Crippen molar-refractivity contribution in [1.82, 2.24) is 4.90 Å². The fraction of sp³-hybridized carbons (Fsp3) is 0.929. The zero-order valence-corrected chi connectivity index (χ0v) is 12.0. The second kappa shape index (κ2) is 4.12. The van der Waals surface area contributed by atoms with Gasteiger partial charge in [-0.1, -0.05) is 0 Å². The molecule has 4 nitrogen and oxygen atoms in total. The number of amides is 1. The lowest BCUT2D eigenvalue weighted by Crippen LogP contribution is -2.61. The third-order valence-corrected chi connectivity index (χ3v) is 4.09. The quantitative estimate of drug-likeness (QED) is 0.723. The van der Waals surface area contributed by atoms with E-state index in [0.717, 1.165) is 38.8 Å². The van der Waals surface area contributed by atoms with E-state index in [2.05, 4.69) is 0 Å². The summed E-state index contributed by atoms with van der Waals surface area (Å²) in [4.78, 5) is 13.6. The Kier molecular flexibility index (Phi) is 3.13. The Morgan fingerprint density at radius 2 is 1.67 bits per heavy atom. The fourth-order valence-corrected chi connectivity index (χ4v) is 2.85. The van der Waals surface area contributed by atoms with Crippen molar-refractivity contribution in [3.63, 3.8) is 0 Å². The lowest BCUT2D eigenvalue weighted by molar-refractivity contribution is -0.0870. The van der Waals surface area contributed by atoms with Crippen molar-refractivity contribution in [2.24, 2.45) is 5.41 Å². The average molecular weight is 255 g/mol. The van der Waals surface area contributed by atoms with Crippen LogP contribution in [0.2, 0.25) is 0 Å². The summed E-state index contributed by atoms with van der Waals surface area (Å²) >= 11 is 0. The van der Waals surface area contributed by atoms with Gasteiger partial charge in [-0.15, -0.1) is 0 Å². The molecule has 1 amide bonds. The molecule has 0 bridgehead atoms. The van der Waals surface area contributed by atoms with Crippen LogP contribution >= 0.6 is 0 Å². The van der Waals surface area contributed by atoms with Gasteiger partial charge < -0.3 is 14.7 Å². The maximum atomic E-state index is 11.8. The van der Waals surface area contributed by atoms with Crippen LogP contribution in [0.15, 0.2) is 0 Å². The van der Waals surface area contributed by atoms with Gasteiger partial charge in [-0.25, -0.2) is 4.79 Å². The zero-order chi connectivity index (χ0) is 13.6. The van der Waals surface area contributed by atoms with Crippen LogP contribution < -0.4 is 0 Å². The number of aliphatic hydroxyl groups is 1. The van der Waals surface area contributed by atoms with Gasteiger partial charge in [0.25, 0.3) is 0 Å². The highest BCUT2D eigenvalue weighted by atomic mass is 16.6. The second-order valence-electron chi connectivity index (χ2n) is 7.33. The van der Waals surface area contributed by atoms with E-state index in [1.165, 1.54) is 0 Å². The molecule has 1 saturated heterocycles. The maximum absolute atomic E-state index is 11.8. The van der Waals surface area contributed by atoms with E-state index < -0.39 is 11.2 Å². The minimum Gasteiger partial charge on any atom is -0.444 e. The number of ether oxygens (including phenoxy) is 1. The summed E-state index contributed by atoms with van der Waals surface area (Å²) in [5.41, 5.74) is -0.674. The third kappa shape index (κ3) is 2.97. The van der Waals surface area contributed by atoms with E-state index in [0.29, 0.717) is 0 Å². The first-order valence-corrected chi connectivity index (χ1v) is 6.81. The first kappa shape index (κ1) is 13.7. The van der Waals surface area contributed by atoms with Crippen molar-refractivity contribution in [2.45, 2.75) is 64.6 Å². The summed E-state index contributed by atoms with van der Waals surface area (Å²) in [7, 11) is 0. The van der Waals surface area contributed by atoms with Gasteiger partial charge in [0.2, 0.25) is 0 Å². The van der Waals surface area contributed by atoms with Crippen molar-refractivity contribution in [3.05, 3.63) is 0 Å². The molecule has 2 aliphatic rings. The summed E-state index contributed by atoms with van der Waals surface area (Å²) in [6, 6.07) is 0. The fourth-order valence-electron chi connectivity index (χ4n) is 2.85. The number of hydrogen-bond acceptors (Lipinski definition) is 3. The molecule has 2 rings (SSSR count). The van der Waals surface area contributed by atoms with Gasteiger partial charge in [0.15, 0.2) is 0 Å². The van der Waals surface area contributed by atoms with E-state index in [-0.39, 0.29) is 11.5 Å². The highest BCUT2D eigenvalue weighted by molar-refractivity contribution is 5.69. The number of likely N-dealkylation sites (tertiary alicyclic amines) is 1. The van der Waals surface area contributed by atoms with Crippen LogP contribution in [-0.2, 0) is 4.74 Å². The van der Waals surface area contributed by atoms with E-state index in [1.807, 2.05) is 27.7 Å². The summed E-state index contributed by atoms with van der Waals surface area (Å²) in [6.07, 6.45) is 3.51. The van der Waals surface area contributed by atoms with Gasteiger partial charge in [-0.05, 0) is 53.4 Å². The van der Waals surface area contributed by atoms with E-state index in [9.17, 15) is 9.90 Å².